The molecule has 0 saturated carbocycles. The Bertz CT molecular complexity index is 1220. The summed E-state index contributed by atoms with van der Waals surface area (Å²) in [6.45, 7) is 0. The minimum absolute atomic E-state index is 0.328. The lowest BCUT2D eigenvalue weighted by molar-refractivity contribution is -0.122. The Morgan fingerprint density at radius 2 is 1.72 bits per heavy atom. The Labute approximate surface area is 191 Å². The Morgan fingerprint density at radius 3 is 2.34 bits per heavy atom. The van der Waals surface area contributed by atoms with Gasteiger partial charge in [0, 0.05) is 16.8 Å². The first-order valence-electron chi connectivity index (χ1n) is 9.34. The monoisotopic (exact) mass is 476 g/mol. The number of amides is 1. The highest BCUT2D eigenvalue weighted by molar-refractivity contribution is 7.86. The molecule has 3 aromatic rings. The van der Waals surface area contributed by atoms with Crippen LogP contribution >= 0.6 is 11.6 Å². The third-order valence-corrected chi connectivity index (χ3v) is 5.20. The number of carbonyl (C=O) groups excluding carboxylic acids is 1. The van der Waals surface area contributed by atoms with E-state index in [2.05, 4.69) is 10.3 Å². The molecule has 0 bridgehead atoms. The summed E-state index contributed by atoms with van der Waals surface area (Å²) in [5, 5.41) is 3.15. The number of hydrogen-bond acceptors (Lipinski definition) is 7. The van der Waals surface area contributed by atoms with Crippen LogP contribution in [0.5, 0.6) is 11.5 Å². The molecule has 0 saturated heterocycles. The van der Waals surface area contributed by atoms with Gasteiger partial charge in [0.15, 0.2) is 17.6 Å². The van der Waals surface area contributed by atoms with Gasteiger partial charge in [0.05, 0.1) is 31.9 Å². The van der Waals surface area contributed by atoms with Crippen molar-refractivity contribution in [2.75, 3.05) is 25.8 Å². The summed E-state index contributed by atoms with van der Waals surface area (Å²) >= 11 is 5.91. The minimum Gasteiger partial charge on any atom is -0.493 e. The summed E-state index contributed by atoms with van der Waals surface area (Å²) < 4.78 is 39.3. The number of pyridine rings is 1. The second kappa shape index (κ2) is 9.99. The molecule has 8 nitrogen and oxygen atoms in total. The van der Waals surface area contributed by atoms with Crippen LogP contribution in [0.3, 0.4) is 0 Å². The largest absolute Gasteiger partial charge is 0.493 e. The van der Waals surface area contributed by atoms with Crippen molar-refractivity contribution in [3.05, 3.63) is 71.4 Å². The topological polar surface area (TPSA) is 104 Å². The number of nitrogens with one attached hydrogen (secondary N) is 1. The lowest BCUT2D eigenvalue weighted by Crippen LogP contribution is -2.26. The maximum Gasteiger partial charge on any atom is 0.265 e. The number of halogens is 1. The third kappa shape index (κ3) is 5.76. The Hall–Kier alpha value is -3.14. The number of rotatable bonds is 8. The van der Waals surface area contributed by atoms with Gasteiger partial charge in [-0.1, -0.05) is 23.7 Å². The number of benzene rings is 2. The van der Waals surface area contributed by atoms with Crippen molar-refractivity contribution < 1.29 is 26.9 Å². The number of methoxy groups -OCH3 is 2. The van der Waals surface area contributed by atoms with Crippen molar-refractivity contribution in [3.63, 3.8) is 0 Å². The summed E-state index contributed by atoms with van der Waals surface area (Å²) in [4.78, 5) is 17.4. The van der Waals surface area contributed by atoms with Crippen LogP contribution in [0.1, 0.15) is 11.7 Å². The molecule has 0 aliphatic rings. The number of nitrogens with zero attached hydrogens (tertiary/aromatic N) is 1. The van der Waals surface area contributed by atoms with Crippen molar-refractivity contribution in [1.82, 2.24) is 4.98 Å². The van der Waals surface area contributed by atoms with E-state index < -0.39 is 22.1 Å². The highest BCUT2D eigenvalue weighted by Gasteiger charge is 2.27. The zero-order valence-electron chi connectivity index (χ0n) is 17.5. The number of hydrogen-bond donors (Lipinski definition) is 1. The summed E-state index contributed by atoms with van der Waals surface area (Å²) in [7, 11) is -0.892. The average molecular weight is 477 g/mol. The van der Waals surface area contributed by atoms with Gasteiger partial charge < -0.3 is 14.8 Å². The van der Waals surface area contributed by atoms with Crippen LogP contribution < -0.4 is 14.8 Å². The fourth-order valence-corrected chi connectivity index (χ4v) is 3.66. The maximum absolute atomic E-state index is 13.1. The van der Waals surface area contributed by atoms with Crippen LogP contribution in [0.4, 0.5) is 5.69 Å². The molecule has 32 heavy (non-hydrogen) atoms. The van der Waals surface area contributed by atoms with Gasteiger partial charge >= 0.3 is 0 Å². The molecule has 1 N–H and O–H groups in total. The molecule has 1 unspecified atom stereocenters. The summed E-state index contributed by atoms with van der Waals surface area (Å²) in [6.07, 6.45) is 1.04. The van der Waals surface area contributed by atoms with Gasteiger partial charge in [0.2, 0.25) is 0 Å². The standard InChI is InChI=1S/C22H21ClN2O6S/c1-29-18-11-8-15(13-19(18)30-2)20-17(5-4-12-24-20)25-22(26)21(31-32(3,27)28)14-6-9-16(23)10-7-14/h4-13,21H,1-3H3,(H,25,26). The molecule has 0 fully saturated rings. The van der Waals surface area contributed by atoms with Gasteiger partial charge in [-0.15, -0.1) is 0 Å². The maximum atomic E-state index is 13.1. The molecule has 1 aromatic heterocycles. The molecule has 1 amide bonds. The van der Waals surface area contributed by atoms with Gasteiger partial charge in [-0.05, 0) is 48.0 Å². The predicted molar refractivity (Wildman–Crippen MR) is 122 cm³/mol. The molecular formula is C22H21ClN2O6S. The highest BCUT2D eigenvalue weighted by atomic mass is 35.5. The number of ether oxygens (including phenoxy) is 2. The first-order valence-corrected chi connectivity index (χ1v) is 11.5. The molecule has 2 aromatic carbocycles. The van der Waals surface area contributed by atoms with Gasteiger partial charge in [0.25, 0.3) is 16.0 Å². The van der Waals surface area contributed by atoms with Crippen molar-refractivity contribution in [2.45, 2.75) is 6.10 Å². The van der Waals surface area contributed by atoms with Crippen molar-refractivity contribution in [3.8, 4) is 22.8 Å². The average Bonchev–Trinajstić information content (AvgIpc) is 2.77. The van der Waals surface area contributed by atoms with Crippen molar-refractivity contribution in [2.24, 2.45) is 0 Å². The summed E-state index contributed by atoms with van der Waals surface area (Å²) in [5.41, 5.74) is 1.80. The number of aromatic nitrogens is 1. The SMILES string of the molecule is COc1ccc(-c2ncccc2NC(=O)C(OS(C)(=O)=O)c2ccc(Cl)cc2)cc1OC. The van der Waals surface area contributed by atoms with E-state index in [4.69, 9.17) is 25.3 Å². The molecular weight excluding hydrogens is 456 g/mol. The molecule has 1 heterocycles. The predicted octanol–water partition coefficient (Wildman–Crippen LogP) is 4.08. The van der Waals surface area contributed by atoms with Crippen molar-refractivity contribution in [1.29, 1.82) is 0 Å². The molecule has 0 radical (unpaired) electrons. The van der Waals surface area contributed by atoms with Crippen LogP contribution in [-0.2, 0) is 19.1 Å². The van der Waals surface area contributed by atoms with Gasteiger partial charge in [-0.2, -0.15) is 8.42 Å². The molecule has 168 valence electrons. The van der Waals surface area contributed by atoms with Gasteiger partial charge in [-0.25, -0.2) is 0 Å². The molecule has 0 aliphatic heterocycles. The quantitative estimate of drug-likeness (QED) is 0.488. The Kier molecular flexibility index (Phi) is 7.34. The van der Waals surface area contributed by atoms with Crippen LogP contribution in [-0.4, -0.2) is 39.8 Å². The normalized spacial score (nSPS) is 12.1. The molecule has 3 rings (SSSR count). The van der Waals surface area contributed by atoms with E-state index in [9.17, 15) is 13.2 Å². The first kappa shape index (κ1) is 23.5. The van der Waals surface area contributed by atoms with E-state index >= 15 is 0 Å². The van der Waals surface area contributed by atoms with Crippen molar-refractivity contribution >= 4 is 33.3 Å². The summed E-state index contributed by atoms with van der Waals surface area (Å²) in [5.74, 6) is 0.349. The molecule has 1 atom stereocenters. The van der Waals surface area contributed by atoms with Gasteiger partial charge in [-0.3, -0.25) is 14.0 Å². The number of carbonyl (C=O) groups is 1. The van der Waals surface area contributed by atoms with E-state index in [0.717, 1.165) is 6.26 Å². The second-order valence-electron chi connectivity index (χ2n) is 6.69. The Morgan fingerprint density at radius 1 is 1.03 bits per heavy atom. The second-order valence-corrected chi connectivity index (χ2v) is 8.73. The Balaban J connectivity index is 1.97. The number of anilines is 1. The summed E-state index contributed by atoms with van der Waals surface area (Å²) in [6, 6.07) is 14.6. The zero-order chi connectivity index (χ0) is 23.3. The fourth-order valence-electron chi connectivity index (χ4n) is 2.98. The van der Waals surface area contributed by atoms with Gasteiger partial charge in [0.1, 0.15) is 0 Å². The van der Waals surface area contributed by atoms with Crippen LogP contribution in [0.2, 0.25) is 5.02 Å². The lowest BCUT2D eigenvalue weighted by atomic mass is 10.1. The smallest absolute Gasteiger partial charge is 0.265 e. The fraction of sp³-hybridized carbons (Fsp3) is 0.182. The molecule has 0 aliphatic carbocycles. The molecule has 0 spiro atoms. The highest BCUT2D eigenvalue weighted by Crippen LogP contribution is 2.34. The van der Waals surface area contributed by atoms with E-state index in [1.807, 2.05) is 0 Å². The third-order valence-electron chi connectivity index (χ3n) is 4.40. The van der Waals surface area contributed by atoms with E-state index in [1.165, 1.54) is 26.4 Å². The van der Waals surface area contributed by atoms with Crippen LogP contribution in [0.15, 0.2) is 60.8 Å². The van der Waals surface area contributed by atoms with E-state index in [1.54, 1.807) is 48.7 Å². The lowest BCUT2D eigenvalue weighted by Gasteiger charge is -2.18. The van der Waals surface area contributed by atoms with E-state index in [0.29, 0.717) is 39.0 Å². The zero-order valence-corrected chi connectivity index (χ0v) is 19.1. The van der Waals surface area contributed by atoms with Crippen LogP contribution in [0, 0.1) is 0 Å². The van der Waals surface area contributed by atoms with E-state index in [-0.39, 0.29) is 0 Å². The molecule has 10 heteroatoms. The van der Waals surface area contributed by atoms with Crippen LogP contribution in [0.25, 0.3) is 11.3 Å². The first-order chi connectivity index (χ1) is 15.2. The minimum atomic E-state index is -3.94.